The zero-order valence-corrected chi connectivity index (χ0v) is 12.8. The third-order valence-electron chi connectivity index (χ3n) is 3.38. The maximum absolute atomic E-state index is 6.17. The fourth-order valence-electron chi connectivity index (χ4n) is 2.31. The molecule has 0 radical (unpaired) electrons. The fourth-order valence-corrected chi connectivity index (χ4v) is 3.56. The lowest BCUT2D eigenvalue weighted by Crippen LogP contribution is -2.27. The summed E-state index contributed by atoms with van der Waals surface area (Å²) in [7, 11) is 0. The van der Waals surface area contributed by atoms with Crippen molar-refractivity contribution in [2.75, 3.05) is 23.3 Å². The first-order valence-corrected chi connectivity index (χ1v) is 7.92. The first-order chi connectivity index (χ1) is 9.00. The van der Waals surface area contributed by atoms with Gasteiger partial charge in [0.1, 0.15) is 5.75 Å². The average molecular weight is 280 g/mol. The predicted octanol–water partition coefficient (Wildman–Crippen LogP) is 3.75. The number of benzene rings is 1. The van der Waals surface area contributed by atoms with Crippen LogP contribution < -0.4 is 15.8 Å². The molecule has 1 fully saturated rings. The summed E-state index contributed by atoms with van der Waals surface area (Å²) in [4.78, 5) is 0. The Kier molecular flexibility index (Phi) is 4.50. The van der Waals surface area contributed by atoms with E-state index in [0.717, 1.165) is 18.0 Å². The molecule has 0 aliphatic carbocycles. The molecule has 3 nitrogen and oxygen atoms in total. The van der Waals surface area contributed by atoms with Gasteiger partial charge in [0.25, 0.3) is 0 Å². The molecule has 1 unspecified atom stereocenters. The van der Waals surface area contributed by atoms with Gasteiger partial charge in [0.2, 0.25) is 0 Å². The van der Waals surface area contributed by atoms with Crippen LogP contribution in [-0.2, 0) is 0 Å². The average Bonchev–Trinajstić information content (AvgIpc) is 2.77. The van der Waals surface area contributed by atoms with Gasteiger partial charge in [0.05, 0.1) is 17.5 Å². The highest BCUT2D eigenvalue weighted by Gasteiger charge is 2.29. The molecule has 1 aliphatic heterocycles. The zero-order chi connectivity index (χ0) is 13.9. The normalized spacial score (nSPS) is 22.7. The molecule has 0 spiro atoms. The van der Waals surface area contributed by atoms with Crippen LogP contribution in [0.3, 0.4) is 0 Å². The van der Waals surface area contributed by atoms with Crippen molar-refractivity contribution in [3.63, 3.8) is 0 Å². The van der Waals surface area contributed by atoms with Gasteiger partial charge in [-0.2, -0.15) is 11.8 Å². The Morgan fingerprint density at radius 2 is 2.26 bits per heavy atom. The number of hydrogen-bond donors (Lipinski definition) is 2. The van der Waals surface area contributed by atoms with Crippen LogP contribution in [0, 0.1) is 0 Å². The van der Waals surface area contributed by atoms with Crippen LogP contribution in [0.5, 0.6) is 5.75 Å². The Morgan fingerprint density at radius 1 is 1.47 bits per heavy atom. The summed E-state index contributed by atoms with van der Waals surface area (Å²) < 4.78 is 6.05. The highest BCUT2D eigenvalue weighted by atomic mass is 32.2. The molecule has 19 heavy (non-hydrogen) atoms. The Morgan fingerprint density at radius 3 is 2.89 bits per heavy atom. The standard InChI is InChI=1S/C15H24N2OS/c1-11(2)18-13-7-4-6-12(14(13)16)17-10-15(3)8-5-9-19-15/h4,6-7,11,17H,5,8-10,16H2,1-3H3. The number of rotatable bonds is 5. The highest BCUT2D eigenvalue weighted by Crippen LogP contribution is 2.38. The van der Waals surface area contributed by atoms with Crippen LogP contribution in [0.4, 0.5) is 11.4 Å². The monoisotopic (exact) mass is 280 g/mol. The molecule has 0 amide bonds. The minimum absolute atomic E-state index is 0.139. The maximum atomic E-state index is 6.17. The summed E-state index contributed by atoms with van der Waals surface area (Å²) in [5.74, 6) is 2.04. The number of hydrogen-bond acceptors (Lipinski definition) is 4. The number of anilines is 2. The number of para-hydroxylation sites is 1. The van der Waals surface area contributed by atoms with Crippen molar-refractivity contribution in [1.29, 1.82) is 0 Å². The topological polar surface area (TPSA) is 47.3 Å². The predicted molar refractivity (Wildman–Crippen MR) is 85.2 cm³/mol. The smallest absolute Gasteiger partial charge is 0.144 e. The molecule has 0 saturated carbocycles. The van der Waals surface area contributed by atoms with E-state index in [1.807, 2.05) is 32.0 Å². The molecule has 106 valence electrons. The van der Waals surface area contributed by atoms with Gasteiger partial charge in [0.15, 0.2) is 0 Å². The SMILES string of the molecule is CC(C)Oc1cccc(NCC2(C)CCCS2)c1N. The maximum Gasteiger partial charge on any atom is 0.144 e. The molecule has 1 atom stereocenters. The molecule has 1 aliphatic rings. The molecular formula is C15H24N2OS. The summed E-state index contributed by atoms with van der Waals surface area (Å²) >= 11 is 2.05. The minimum atomic E-state index is 0.139. The van der Waals surface area contributed by atoms with E-state index >= 15 is 0 Å². The lowest BCUT2D eigenvalue weighted by atomic mass is 10.1. The van der Waals surface area contributed by atoms with Gasteiger partial charge in [-0.1, -0.05) is 6.07 Å². The molecule has 0 bridgehead atoms. The minimum Gasteiger partial charge on any atom is -0.489 e. The van der Waals surface area contributed by atoms with Crippen molar-refractivity contribution in [2.45, 2.75) is 44.5 Å². The molecule has 1 saturated heterocycles. The lowest BCUT2D eigenvalue weighted by Gasteiger charge is -2.24. The van der Waals surface area contributed by atoms with Gasteiger partial charge in [-0.25, -0.2) is 0 Å². The summed E-state index contributed by atoms with van der Waals surface area (Å²) in [5, 5.41) is 3.48. The Balaban J connectivity index is 2.04. The molecule has 2 rings (SSSR count). The summed E-state index contributed by atoms with van der Waals surface area (Å²) in [6, 6.07) is 5.93. The van der Waals surface area contributed by atoms with Gasteiger partial charge in [-0.15, -0.1) is 0 Å². The van der Waals surface area contributed by atoms with Crippen molar-refractivity contribution >= 4 is 23.1 Å². The molecular weight excluding hydrogens is 256 g/mol. The lowest BCUT2D eigenvalue weighted by molar-refractivity contribution is 0.244. The summed E-state index contributed by atoms with van der Waals surface area (Å²) in [6.07, 6.45) is 2.72. The number of ether oxygens (including phenoxy) is 1. The molecule has 3 N–H and O–H groups in total. The number of nitrogens with two attached hydrogens (primary N) is 1. The van der Waals surface area contributed by atoms with Crippen molar-refractivity contribution in [2.24, 2.45) is 0 Å². The largest absolute Gasteiger partial charge is 0.489 e. The zero-order valence-electron chi connectivity index (χ0n) is 12.0. The van der Waals surface area contributed by atoms with Crippen LogP contribution in [0.25, 0.3) is 0 Å². The van der Waals surface area contributed by atoms with E-state index < -0.39 is 0 Å². The van der Waals surface area contributed by atoms with Crippen LogP contribution in [0.2, 0.25) is 0 Å². The Labute approximate surface area is 120 Å². The van der Waals surface area contributed by atoms with Crippen molar-refractivity contribution in [3.8, 4) is 5.75 Å². The molecule has 4 heteroatoms. The van der Waals surface area contributed by atoms with Crippen LogP contribution in [-0.4, -0.2) is 23.1 Å². The van der Waals surface area contributed by atoms with E-state index in [1.165, 1.54) is 18.6 Å². The second kappa shape index (κ2) is 5.95. The van der Waals surface area contributed by atoms with E-state index in [-0.39, 0.29) is 6.10 Å². The molecule has 1 aromatic carbocycles. The quantitative estimate of drug-likeness (QED) is 0.806. The van der Waals surface area contributed by atoms with E-state index in [2.05, 4.69) is 24.0 Å². The van der Waals surface area contributed by atoms with Gasteiger partial charge < -0.3 is 15.8 Å². The number of nitrogens with one attached hydrogen (secondary N) is 1. The van der Waals surface area contributed by atoms with Gasteiger partial charge in [-0.3, -0.25) is 0 Å². The molecule has 1 heterocycles. The first kappa shape index (κ1) is 14.4. The Bertz CT molecular complexity index is 428. The third kappa shape index (κ3) is 3.72. The highest BCUT2D eigenvalue weighted by molar-refractivity contribution is 8.00. The van der Waals surface area contributed by atoms with Crippen molar-refractivity contribution < 1.29 is 4.74 Å². The summed E-state index contributed by atoms with van der Waals surface area (Å²) in [5.41, 5.74) is 7.85. The van der Waals surface area contributed by atoms with Gasteiger partial charge >= 0.3 is 0 Å². The number of nitrogen functional groups attached to an aromatic ring is 1. The van der Waals surface area contributed by atoms with Gasteiger partial charge in [-0.05, 0) is 51.5 Å². The number of thioether (sulfide) groups is 1. The van der Waals surface area contributed by atoms with E-state index in [4.69, 9.17) is 10.5 Å². The van der Waals surface area contributed by atoms with Gasteiger partial charge in [0, 0.05) is 11.3 Å². The van der Waals surface area contributed by atoms with Crippen LogP contribution >= 0.6 is 11.8 Å². The molecule has 0 aromatic heterocycles. The van der Waals surface area contributed by atoms with Crippen LogP contribution in [0.1, 0.15) is 33.6 Å². The summed E-state index contributed by atoms with van der Waals surface area (Å²) in [6.45, 7) is 7.29. The second-order valence-corrected chi connectivity index (χ2v) is 7.32. The van der Waals surface area contributed by atoms with Crippen molar-refractivity contribution in [3.05, 3.63) is 18.2 Å². The first-order valence-electron chi connectivity index (χ1n) is 6.93. The second-order valence-electron chi connectivity index (χ2n) is 5.64. The van der Waals surface area contributed by atoms with E-state index in [9.17, 15) is 0 Å². The van der Waals surface area contributed by atoms with E-state index in [1.54, 1.807) is 0 Å². The fraction of sp³-hybridized carbons (Fsp3) is 0.600. The third-order valence-corrected chi connectivity index (χ3v) is 4.92. The Hall–Kier alpha value is -1.03. The molecule has 1 aromatic rings. The van der Waals surface area contributed by atoms with Crippen LogP contribution in [0.15, 0.2) is 18.2 Å². The van der Waals surface area contributed by atoms with E-state index in [0.29, 0.717) is 10.4 Å². The van der Waals surface area contributed by atoms with Crippen molar-refractivity contribution in [1.82, 2.24) is 0 Å².